The Labute approximate surface area is 342 Å². The molecule has 0 bridgehead atoms. The van der Waals surface area contributed by atoms with E-state index in [1.54, 1.807) is 45.2 Å². The number of carbonyl (C=O) groups excluding carboxylic acids is 6. The van der Waals surface area contributed by atoms with E-state index in [1.165, 1.54) is 11.0 Å². The molecule has 7 N–H and O–H groups in total. The minimum absolute atomic E-state index is 0.0350. The number of nitrogens with one attached hydrogen (secondary N) is 1. The van der Waals surface area contributed by atoms with Crippen molar-refractivity contribution in [1.82, 2.24) is 9.80 Å². The number of phenolic OH excluding ortho intramolecular Hbond substituents is 1. The van der Waals surface area contributed by atoms with Gasteiger partial charge in [-0.1, -0.05) is 46.2 Å². The van der Waals surface area contributed by atoms with Crippen LogP contribution in [0.4, 0.5) is 16.2 Å². The Morgan fingerprint density at radius 1 is 1.00 bits per heavy atom. The minimum Gasteiger partial charge on any atom is -0.510 e. The van der Waals surface area contributed by atoms with Crippen LogP contribution in [0.2, 0.25) is 0 Å². The number of esters is 1. The number of fused-ring (bicyclic) bond motifs is 3. The molecule has 0 unspecified atom stereocenters. The highest BCUT2D eigenvalue weighted by Crippen LogP contribution is 2.54. The van der Waals surface area contributed by atoms with Crippen LogP contribution in [-0.4, -0.2) is 125 Å². The summed E-state index contributed by atoms with van der Waals surface area (Å²) in [7, 11) is 6.45. The first kappa shape index (κ1) is 44.2. The van der Waals surface area contributed by atoms with Crippen molar-refractivity contribution >= 4 is 46.8 Å². The highest BCUT2D eigenvalue weighted by atomic mass is 16.7. The molecular formula is C42H53N5O12. The molecule has 17 heteroatoms. The number of carbonyl (C=O) groups is 6. The number of ether oxygens (including phenoxy) is 2. The second kappa shape index (κ2) is 16.7. The average molecular weight is 820 g/mol. The molecule has 2 aromatic rings. The zero-order chi connectivity index (χ0) is 43.9. The largest absolute Gasteiger partial charge is 0.510 e. The fraction of sp³-hybridized carbons (Fsp3) is 0.476. The highest BCUT2D eigenvalue weighted by molar-refractivity contribution is 6.25. The Bertz CT molecular complexity index is 2140. The topological polar surface area (TPSA) is 250 Å². The molecule has 0 heterocycles. The molecule has 0 spiro atoms. The number of aliphatic hydroxyl groups is 3. The molecule has 0 aliphatic heterocycles. The molecule has 0 fully saturated rings. The molecule has 5 rings (SSSR count). The molecule has 0 radical (unpaired) electrons. The van der Waals surface area contributed by atoms with Crippen molar-refractivity contribution in [1.29, 1.82) is 0 Å². The molecule has 3 aliphatic rings. The molecule has 4 atom stereocenters. The summed E-state index contributed by atoms with van der Waals surface area (Å²) >= 11 is 0. The van der Waals surface area contributed by atoms with Gasteiger partial charge in [-0.3, -0.25) is 29.0 Å². The van der Waals surface area contributed by atoms with Crippen LogP contribution in [0.1, 0.15) is 78.8 Å². The standard InChI is InChI=1S/C42H53N5O12/c1-9-10-15-47(40(56)59-20-58-39(55)21-11-13-23(14-12-21)41(2,3)4)19-28(48)44-26-18-27(45(5)6)24-16-22-17-25-32(46(7)8)35(51)31(38(43)54)37(53)42(25,57)36(52)29(22)34(50)30(24)33(26)49/h11-14,18,22,25,32,49,51-52,57H,9-10,15-17,19-20H2,1-8H3,(H2,43,54)(H,44,48)/t22-,25-,32-,42-/m0/s1. The van der Waals surface area contributed by atoms with Crippen LogP contribution >= 0.6 is 0 Å². The summed E-state index contributed by atoms with van der Waals surface area (Å²) in [5, 5.41) is 48.8. The van der Waals surface area contributed by atoms with Gasteiger partial charge in [0.1, 0.15) is 23.6 Å². The SMILES string of the molecule is CCCCN(CC(=O)Nc1cc(N(C)C)c2c(c1O)C(=O)C1=C(O)[C@]3(O)C(=O)C(C(N)=O)=C(O)[C@@H](N(C)C)[C@@H]3C[C@@H]1C2)C(=O)OCOC(=O)c1ccc(C(C)(C)C)cc1. The molecule has 0 saturated heterocycles. The number of phenols is 1. The van der Waals surface area contributed by atoms with E-state index in [0.717, 1.165) is 10.5 Å². The number of likely N-dealkylation sites (N-methyl/N-ethyl adjacent to an activating group) is 1. The maximum absolute atomic E-state index is 14.4. The van der Waals surface area contributed by atoms with Crippen molar-refractivity contribution in [2.45, 2.75) is 70.4 Å². The van der Waals surface area contributed by atoms with Crippen molar-refractivity contribution < 1.29 is 58.7 Å². The lowest BCUT2D eigenvalue weighted by atomic mass is 9.58. The van der Waals surface area contributed by atoms with Gasteiger partial charge >= 0.3 is 12.1 Å². The van der Waals surface area contributed by atoms with Crippen molar-refractivity contribution in [2.24, 2.45) is 17.6 Å². The highest BCUT2D eigenvalue weighted by Gasteiger charge is 2.63. The number of ketones is 2. The summed E-state index contributed by atoms with van der Waals surface area (Å²) in [6, 6.07) is 7.16. The number of aliphatic hydroxyl groups excluding tert-OH is 2. The number of rotatable bonds is 12. The van der Waals surface area contributed by atoms with Crippen LogP contribution in [-0.2, 0) is 35.7 Å². The van der Waals surface area contributed by atoms with Gasteiger partial charge in [0, 0.05) is 37.8 Å². The van der Waals surface area contributed by atoms with E-state index in [1.807, 2.05) is 39.8 Å². The van der Waals surface area contributed by atoms with Gasteiger partial charge in [0.05, 0.1) is 22.9 Å². The Hall–Kier alpha value is -5.94. The van der Waals surface area contributed by atoms with E-state index in [0.29, 0.717) is 24.1 Å². The molecular weight excluding hydrogens is 766 g/mol. The molecule has 3 amide bonds. The van der Waals surface area contributed by atoms with Gasteiger partial charge in [-0.25, -0.2) is 9.59 Å². The van der Waals surface area contributed by atoms with Crippen molar-refractivity contribution in [3.05, 3.63) is 75.3 Å². The first-order chi connectivity index (χ1) is 27.6. The number of hydrogen-bond donors (Lipinski definition) is 6. The Balaban J connectivity index is 1.39. The van der Waals surface area contributed by atoms with Gasteiger partial charge in [0.2, 0.25) is 18.5 Å². The summed E-state index contributed by atoms with van der Waals surface area (Å²) in [6.45, 7) is 6.82. The van der Waals surface area contributed by atoms with E-state index in [-0.39, 0.29) is 47.2 Å². The Morgan fingerprint density at radius 3 is 2.20 bits per heavy atom. The van der Waals surface area contributed by atoms with Crippen LogP contribution in [0, 0.1) is 11.8 Å². The molecule has 318 valence electrons. The van der Waals surface area contributed by atoms with Crippen LogP contribution < -0.4 is 16.0 Å². The first-order valence-electron chi connectivity index (χ1n) is 19.3. The second-order valence-electron chi connectivity index (χ2n) is 16.6. The number of anilines is 2. The maximum Gasteiger partial charge on any atom is 0.413 e. The second-order valence-corrected chi connectivity index (χ2v) is 16.6. The maximum atomic E-state index is 14.4. The van der Waals surface area contributed by atoms with Crippen LogP contribution in [0.3, 0.4) is 0 Å². The number of primary amides is 1. The van der Waals surface area contributed by atoms with Crippen molar-refractivity contribution in [2.75, 3.05) is 58.3 Å². The summed E-state index contributed by atoms with van der Waals surface area (Å²) in [5.41, 5.74) is 2.76. The number of hydrogen-bond acceptors (Lipinski definition) is 14. The molecule has 17 nitrogen and oxygen atoms in total. The van der Waals surface area contributed by atoms with Crippen molar-refractivity contribution in [3.8, 4) is 5.75 Å². The summed E-state index contributed by atoms with van der Waals surface area (Å²) in [5.74, 6) is -9.46. The smallest absolute Gasteiger partial charge is 0.413 e. The predicted molar refractivity (Wildman–Crippen MR) is 215 cm³/mol. The molecule has 3 aliphatic carbocycles. The van der Waals surface area contributed by atoms with Crippen LogP contribution in [0.15, 0.2) is 53.0 Å². The lowest BCUT2D eigenvalue weighted by Crippen LogP contribution is -2.63. The summed E-state index contributed by atoms with van der Waals surface area (Å²) in [6.07, 6.45) is 0.153. The van der Waals surface area contributed by atoms with Gasteiger partial charge in [-0.05, 0) is 74.0 Å². The summed E-state index contributed by atoms with van der Waals surface area (Å²) in [4.78, 5) is 83.8. The van der Waals surface area contributed by atoms with Gasteiger partial charge < -0.3 is 45.9 Å². The number of nitrogens with zero attached hydrogens (tertiary/aromatic N) is 3. The average Bonchev–Trinajstić information content (AvgIpc) is 3.15. The monoisotopic (exact) mass is 819 g/mol. The van der Waals surface area contributed by atoms with Gasteiger partial charge in [-0.15, -0.1) is 0 Å². The number of Topliss-reactive ketones (excluding diaryl/α,β-unsaturated/α-hetero) is 2. The van der Waals surface area contributed by atoms with Gasteiger partial charge in [0.15, 0.2) is 17.1 Å². The predicted octanol–water partition coefficient (Wildman–Crippen LogP) is 3.48. The quantitative estimate of drug-likeness (QED) is 0.0777. The zero-order valence-electron chi connectivity index (χ0n) is 34.5. The van der Waals surface area contributed by atoms with Crippen LogP contribution in [0.25, 0.3) is 0 Å². The lowest BCUT2D eigenvalue weighted by molar-refractivity contribution is -0.148. The fourth-order valence-corrected chi connectivity index (χ4v) is 8.15. The van der Waals surface area contributed by atoms with E-state index in [2.05, 4.69) is 5.32 Å². The number of aromatic hydroxyl groups is 1. The molecule has 2 aromatic carbocycles. The third-order valence-electron chi connectivity index (χ3n) is 11.2. The summed E-state index contributed by atoms with van der Waals surface area (Å²) < 4.78 is 10.3. The number of allylic oxidation sites excluding steroid dienone is 1. The number of benzene rings is 2. The van der Waals surface area contributed by atoms with E-state index in [9.17, 15) is 49.2 Å². The van der Waals surface area contributed by atoms with E-state index >= 15 is 0 Å². The van der Waals surface area contributed by atoms with Gasteiger partial charge in [0.25, 0.3) is 5.91 Å². The third-order valence-corrected chi connectivity index (χ3v) is 11.2. The normalized spacial score (nSPS) is 21.4. The third kappa shape index (κ3) is 8.21. The number of amides is 3. The number of nitrogens with two attached hydrogens (primary N) is 1. The molecule has 59 heavy (non-hydrogen) atoms. The van der Waals surface area contributed by atoms with Gasteiger partial charge in [-0.2, -0.15) is 0 Å². The van der Waals surface area contributed by atoms with Crippen LogP contribution in [0.5, 0.6) is 5.75 Å². The Morgan fingerprint density at radius 2 is 1.64 bits per heavy atom. The van der Waals surface area contributed by atoms with E-state index < -0.39 is 95.1 Å². The molecule has 0 saturated carbocycles. The first-order valence-corrected chi connectivity index (χ1v) is 19.3. The molecule has 0 aromatic heterocycles. The van der Waals surface area contributed by atoms with Crippen molar-refractivity contribution in [3.63, 3.8) is 0 Å². The fourth-order valence-electron chi connectivity index (χ4n) is 8.15. The Kier molecular flexibility index (Phi) is 12.5. The zero-order valence-corrected chi connectivity index (χ0v) is 34.5. The van der Waals surface area contributed by atoms with E-state index in [4.69, 9.17) is 15.2 Å². The lowest BCUT2D eigenvalue weighted by Gasteiger charge is -2.50. The minimum atomic E-state index is -2.82. The number of unbranched alkanes of at least 4 members (excludes halogenated alkanes) is 1.